The molecule has 6 nitrogen and oxygen atoms in total. The van der Waals surface area contributed by atoms with Gasteiger partial charge in [0, 0.05) is 25.2 Å². The fourth-order valence-electron chi connectivity index (χ4n) is 2.84. The van der Waals surface area contributed by atoms with Gasteiger partial charge in [-0.05, 0) is 29.7 Å². The van der Waals surface area contributed by atoms with Crippen molar-refractivity contribution < 1.29 is 8.42 Å². The van der Waals surface area contributed by atoms with Gasteiger partial charge in [-0.25, -0.2) is 13.5 Å². The Morgan fingerprint density at radius 1 is 1.04 bits per heavy atom. The van der Waals surface area contributed by atoms with Gasteiger partial charge >= 0.3 is 0 Å². The first-order chi connectivity index (χ1) is 12.9. The number of aromatic nitrogens is 2. The molecular formula is C20H21N3O3S. The highest BCUT2D eigenvalue weighted by Gasteiger charge is 2.24. The van der Waals surface area contributed by atoms with Gasteiger partial charge in [0.2, 0.25) is 10.0 Å². The smallest absolute Gasteiger partial charge is 0.264 e. The number of aromatic amines is 1. The molecule has 1 heterocycles. The second-order valence-corrected chi connectivity index (χ2v) is 8.24. The number of sulfonamides is 1. The molecule has 0 radical (unpaired) electrons. The number of nitrogens with one attached hydrogen (secondary N) is 1. The fourth-order valence-corrected chi connectivity index (χ4v) is 4.32. The minimum Gasteiger partial charge on any atom is -0.268 e. The lowest BCUT2D eigenvalue weighted by molar-refractivity contribution is 0.466. The van der Waals surface area contributed by atoms with Crippen molar-refractivity contribution in [1.82, 2.24) is 14.5 Å². The van der Waals surface area contributed by atoms with Crippen molar-refractivity contribution in [3.8, 4) is 11.3 Å². The molecule has 7 heteroatoms. The number of rotatable bonds is 6. The predicted octanol–water partition coefficient (Wildman–Crippen LogP) is 2.82. The van der Waals surface area contributed by atoms with Crippen LogP contribution in [0.15, 0.2) is 70.4 Å². The van der Waals surface area contributed by atoms with Crippen LogP contribution in [0.1, 0.15) is 18.1 Å². The van der Waals surface area contributed by atoms with Crippen molar-refractivity contribution in [2.75, 3.05) is 7.05 Å². The molecule has 3 rings (SSSR count). The summed E-state index contributed by atoms with van der Waals surface area (Å²) in [6.07, 6.45) is 0.590. The lowest BCUT2D eigenvalue weighted by Gasteiger charge is -2.20. The minimum atomic E-state index is -3.68. The van der Waals surface area contributed by atoms with Gasteiger partial charge < -0.3 is 0 Å². The fraction of sp³-hybridized carbons (Fsp3) is 0.200. The van der Waals surface area contributed by atoms with Gasteiger partial charge in [-0.3, -0.25) is 4.79 Å². The first-order valence-corrected chi connectivity index (χ1v) is 10.0. The van der Waals surface area contributed by atoms with E-state index in [4.69, 9.17) is 0 Å². The minimum absolute atomic E-state index is 0.258. The molecule has 0 saturated heterocycles. The molecule has 27 heavy (non-hydrogen) atoms. The molecule has 0 aliphatic heterocycles. The number of hydrogen-bond donors (Lipinski definition) is 1. The van der Waals surface area contributed by atoms with Crippen LogP contribution < -0.4 is 5.56 Å². The second kappa shape index (κ2) is 7.85. The Bertz CT molecular complexity index is 1070. The molecule has 1 N–H and O–H groups in total. The first-order valence-electron chi connectivity index (χ1n) is 8.61. The monoisotopic (exact) mass is 383 g/mol. The third-order valence-corrected chi connectivity index (χ3v) is 6.24. The number of nitrogens with zero attached hydrogens (tertiary/aromatic N) is 2. The van der Waals surface area contributed by atoms with Crippen LogP contribution in [0.4, 0.5) is 0 Å². The molecule has 0 bridgehead atoms. The van der Waals surface area contributed by atoms with E-state index in [0.717, 1.165) is 11.1 Å². The van der Waals surface area contributed by atoms with Crippen molar-refractivity contribution in [2.24, 2.45) is 0 Å². The Morgan fingerprint density at radius 2 is 1.78 bits per heavy atom. The summed E-state index contributed by atoms with van der Waals surface area (Å²) in [5, 5.41) is 6.37. The molecule has 3 aromatic rings. The Labute approximate surface area is 158 Å². The zero-order valence-electron chi connectivity index (χ0n) is 15.2. The topological polar surface area (TPSA) is 83.1 Å². The predicted molar refractivity (Wildman–Crippen MR) is 105 cm³/mol. The van der Waals surface area contributed by atoms with E-state index in [9.17, 15) is 13.2 Å². The van der Waals surface area contributed by atoms with Crippen LogP contribution in [-0.4, -0.2) is 30.0 Å². The molecule has 0 saturated carbocycles. The molecule has 2 aromatic carbocycles. The van der Waals surface area contributed by atoms with Gasteiger partial charge in [0.05, 0.1) is 10.6 Å². The summed E-state index contributed by atoms with van der Waals surface area (Å²) in [5.74, 6) is 0. The second-order valence-electron chi connectivity index (χ2n) is 6.23. The van der Waals surface area contributed by atoms with E-state index in [1.54, 1.807) is 25.2 Å². The van der Waals surface area contributed by atoms with Crippen molar-refractivity contribution in [1.29, 1.82) is 0 Å². The van der Waals surface area contributed by atoms with Crippen LogP contribution in [0.25, 0.3) is 11.3 Å². The van der Waals surface area contributed by atoms with E-state index in [1.165, 1.54) is 10.4 Å². The van der Waals surface area contributed by atoms with Crippen LogP contribution in [0.5, 0.6) is 0 Å². The summed E-state index contributed by atoms with van der Waals surface area (Å²) < 4.78 is 27.8. The Kier molecular flexibility index (Phi) is 5.53. The third kappa shape index (κ3) is 4.15. The van der Waals surface area contributed by atoms with Crippen molar-refractivity contribution in [3.63, 3.8) is 0 Å². The summed E-state index contributed by atoms with van der Waals surface area (Å²) in [4.78, 5) is 11.5. The molecular weight excluding hydrogens is 362 g/mol. The van der Waals surface area contributed by atoms with E-state index in [0.29, 0.717) is 17.7 Å². The average Bonchev–Trinajstić information content (AvgIpc) is 2.69. The van der Waals surface area contributed by atoms with E-state index in [2.05, 4.69) is 10.2 Å². The summed E-state index contributed by atoms with van der Waals surface area (Å²) in [7, 11) is -2.11. The summed E-state index contributed by atoms with van der Waals surface area (Å²) in [6.45, 7) is 2.21. The summed E-state index contributed by atoms with van der Waals surface area (Å²) in [6, 6.07) is 17.6. The zero-order chi connectivity index (χ0) is 19.4. The average molecular weight is 383 g/mol. The van der Waals surface area contributed by atoms with Crippen LogP contribution >= 0.6 is 0 Å². The Morgan fingerprint density at radius 3 is 2.41 bits per heavy atom. The number of hydrogen-bond acceptors (Lipinski definition) is 4. The molecule has 0 atom stereocenters. The van der Waals surface area contributed by atoms with E-state index >= 15 is 0 Å². The third-order valence-electron chi connectivity index (χ3n) is 4.36. The van der Waals surface area contributed by atoms with E-state index < -0.39 is 10.0 Å². The van der Waals surface area contributed by atoms with Gasteiger partial charge in [0.1, 0.15) is 0 Å². The van der Waals surface area contributed by atoms with Crippen LogP contribution in [0.3, 0.4) is 0 Å². The van der Waals surface area contributed by atoms with E-state index in [-0.39, 0.29) is 17.0 Å². The Hall–Kier alpha value is -2.77. The van der Waals surface area contributed by atoms with Gasteiger partial charge in [-0.1, -0.05) is 49.4 Å². The van der Waals surface area contributed by atoms with Crippen LogP contribution in [0, 0.1) is 0 Å². The number of H-pyrrole nitrogens is 1. The van der Waals surface area contributed by atoms with Crippen LogP contribution in [-0.2, 0) is 23.0 Å². The molecule has 0 spiro atoms. The van der Waals surface area contributed by atoms with Gasteiger partial charge in [0.25, 0.3) is 5.56 Å². The van der Waals surface area contributed by atoms with Gasteiger partial charge in [0.15, 0.2) is 0 Å². The number of benzene rings is 2. The highest BCUT2D eigenvalue weighted by Crippen LogP contribution is 2.27. The largest absolute Gasteiger partial charge is 0.268 e. The van der Waals surface area contributed by atoms with Crippen LogP contribution in [0.2, 0.25) is 0 Å². The maximum Gasteiger partial charge on any atom is 0.264 e. The normalized spacial score (nSPS) is 11.7. The van der Waals surface area contributed by atoms with Crippen molar-refractivity contribution >= 4 is 10.0 Å². The first kappa shape index (κ1) is 19.0. The molecule has 0 aliphatic rings. The highest BCUT2D eigenvalue weighted by atomic mass is 32.2. The lowest BCUT2D eigenvalue weighted by atomic mass is 10.1. The van der Waals surface area contributed by atoms with Crippen molar-refractivity contribution in [2.45, 2.75) is 24.8 Å². The Balaban J connectivity index is 2.01. The van der Waals surface area contributed by atoms with Gasteiger partial charge in [-0.2, -0.15) is 9.40 Å². The lowest BCUT2D eigenvalue weighted by Crippen LogP contribution is -2.27. The molecule has 0 unspecified atom stereocenters. The molecule has 0 fully saturated rings. The summed E-state index contributed by atoms with van der Waals surface area (Å²) >= 11 is 0. The highest BCUT2D eigenvalue weighted by molar-refractivity contribution is 7.89. The van der Waals surface area contributed by atoms with Gasteiger partial charge in [-0.15, -0.1) is 0 Å². The zero-order valence-corrected chi connectivity index (χ0v) is 16.0. The van der Waals surface area contributed by atoms with Crippen molar-refractivity contribution in [3.05, 3.63) is 82.1 Å². The summed E-state index contributed by atoms with van der Waals surface area (Å²) in [5.41, 5.74) is 2.50. The standard InChI is InChI=1S/C20H21N3O3S/c1-3-16-9-10-17(18-11-12-20(24)22-21-18)13-19(16)27(25,26)23(2)14-15-7-5-4-6-8-15/h4-13H,3,14H2,1-2H3,(H,22,24). The maximum atomic E-state index is 13.2. The maximum absolute atomic E-state index is 13.2. The number of aryl methyl sites for hydroxylation is 1. The quantitative estimate of drug-likeness (QED) is 0.709. The van der Waals surface area contributed by atoms with E-state index in [1.807, 2.05) is 43.3 Å². The molecule has 0 amide bonds. The molecule has 140 valence electrons. The molecule has 0 aliphatic carbocycles. The SMILES string of the molecule is CCc1ccc(-c2ccc(=O)[nH]n2)cc1S(=O)(=O)N(C)Cc1ccccc1. The molecule has 1 aromatic heterocycles.